The molecule has 0 aliphatic heterocycles. The van der Waals surface area contributed by atoms with Crippen LogP contribution in [0.3, 0.4) is 0 Å². The van der Waals surface area contributed by atoms with Crippen molar-refractivity contribution < 1.29 is 0 Å². The largest absolute Gasteiger partial charge is 0.310 e. The highest BCUT2D eigenvalue weighted by Gasteiger charge is 2.22. The molecule has 112 valence electrons. The van der Waals surface area contributed by atoms with Gasteiger partial charge in [-0.3, -0.25) is 0 Å². The monoisotopic (exact) mass is 273 g/mol. The van der Waals surface area contributed by atoms with Gasteiger partial charge in [0.25, 0.3) is 0 Å². The first-order chi connectivity index (χ1) is 9.76. The van der Waals surface area contributed by atoms with Gasteiger partial charge in [-0.25, -0.2) is 0 Å². The van der Waals surface area contributed by atoms with Gasteiger partial charge in [0.15, 0.2) is 0 Å². The molecule has 1 heteroatoms. The van der Waals surface area contributed by atoms with Gasteiger partial charge in [0.2, 0.25) is 0 Å². The van der Waals surface area contributed by atoms with E-state index in [9.17, 15) is 0 Å². The lowest BCUT2D eigenvalue weighted by molar-refractivity contribution is 0.362. The standard InChI is InChI=1S/C19H31N/c1-4-8-15(3)19(20-13-5-2)18-12-7-11-17(14-18)16-9-6-10-16/h7,11-12,14-16,19-20H,4-6,8-10,13H2,1-3H3. The quantitative estimate of drug-likeness (QED) is 0.666. The van der Waals surface area contributed by atoms with Crippen LogP contribution < -0.4 is 5.32 Å². The summed E-state index contributed by atoms with van der Waals surface area (Å²) in [6.45, 7) is 8.05. The lowest BCUT2D eigenvalue weighted by Gasteiger charge is -2.29. The Morgan fingerprint density at radius 2 is 2.00 bits per heavy atom. The normalized spacial score (nSPS) is 18.6. The van der Waals surface area contributed by atoms with Gasteiger partial charge >= 0.3 is 0 Å². The summed E-state index contributed by atoms with van der Waals surface area (Å²) in [4.78, 5) is 0. The second-order valence-electron chi connectivity index (χ2n) is 6.50. The zero-order valence-electron chi connectivity index (χ0n) is 13.5. The number of benzene rings is 1. The van der Waals surface area contributed by atoms with E-state index in [0.717, 1.165) is 12.5 Å². The van der Waals surface area contributed by atoms with E-state index in [1.165, 1.54) is 44.1 Å². The Balaban J connectivity index is 2.13. The highest BCUT2D eigenvalue weighted by atomic mass is 14.9. The Morgan fingerprint density at radius 3 is 2.60 bits per heavy atom. The van der Waals surface area contributed by atoms with Crippen molar-refractivity contribution in [1.82, 2.24) is 5.32 Å². The number of hydrogen-bond donors (Lipinski definition) is 1. The molecule has 0 heterocycles. The van der Waals surface area contributed by atoms with E-state index in [2.05, 4.69) is 50.4 Å². The first kappa shape index (κ1) is 15.6. The van der Waals surface area contributed by atoms with Gasteiger partial charge in [-0.2, -0.15) is 0 Å². The van der Waals surface area contributed by atoms with Gasteiger partial charge < -0.3 is 5.32 Å². The molecular weight excluding hydrogens is 242 g/mol. The van der Waals surface area contributed by atoms with Crippen LogP contribution in [0.15, 0.2) is 24.3 Å². The Labute approximate surface area is 125 Å². The average Bonchev–Trinajstić information content (AvgIpc) is 2.38. The maximum absolute atomic E-state index is 3.77. The highest BCUT2D eigenvalue weighted by molar-refractivity contribution is 5.30. The predicted octanol–water partition coefficient (Wildman–Crippen LogP) is 5.43. The number of nitrogens with one attached hydrogen (secondary N) is 1. The first-order valence-electron chi connectivity index (χ1n) is 8.59. The summed E-state index contributed by atoms with van der Waals surface area (Å²) in [7, 11) is 0. The Hall–Kier alpha value is -0.820. The molecule has 20 heavy (non-hydrogen) atoms. The maximum Gasteiger partial charge on any atom is 0.0346 e. The van der Waals surface area contributed by atoms with E-state index in [4.69, 9.17) is 0 Å². The van der Waals surface area contributed by atoms with Gasteiger partial charge in [-0.05, 0) is 55.2 Å². The number of rotatable bonds is 8. The molecule has 2 atom stereocenters. The van der Waals surface area contributed by atoms with Gasteiger partial charge in [0.1, 0.15) is 0 Å². The molecule has 0 bridgehead atoms. The summed E-state index contributed by atoms with van der Waals surface area (Å²) in [6, 6.07) is 9.91. The number of hydrogen-bond acceptors (Lipinski definition) is 1. The summed E-state index contributed by atoms with van der Waals surface area (Å²) in [5.41, 5.74) is 3.07. The molecule has 0 aromatic heterocycles. The zero-order chi connectivity index (χ0) is 14.4. The fourth-order valence-electron chi connectivity index (χ4n) is 3.32. The van der Waals surface area contributed by atoms with Crippen LogP contribution in [0.25, 0.3) is 0 Å². The van der Waals surface area contributed by atoms with Crippen molar-refractivity contribution >= 4 is 0 Å². The van der Waals surface area contributed by atoms with Gasteiger partial charge in [-0.1, -0.05) is 57.9 Å². The van der Waals surface area contributed by atoms with Crippen molar-refractivity contribution in [2.75, 3.05) is 6.54 Å². The molecular formula is C19H31N. The molecule has 1 fully saturated rings. The minimum Gasteiger partial charge on any atom is -0.310 e. The van der Waals surface area contributed by atoms with Crippen molar-refractivity contribution in [3.8, 4) is 0 Å². The van der Waals surface area contributed by atoms with Crippen LogP contribution in [0.4, 0.5) is 0 Å². The Kier molecular flexibility index (Phi) is 6.09. The van der Waals surface area contributed by atoms with Gasteiger partial charge in [0, 0.05) is 6.04 Å². The molecule has 0 radical (unpaired) electrons. The van der Waals surface area contributed by atoms with Crippen molar-refractivity contribution in [3.63, 3.8) is 0 Å². The summed E-state index contributed by atoms with van der Waals surface area (Å²) >= 11 is 0. The van der Waals surface area contributed by atoms with Crippen LogP contribution >= 0.6 is 0 Å². The molecule has 1 aromatic carbocycles. The minimum absolute atomic E-state index is 0.523. The zero-order valence-corrected chi connectivity index (χ0v) is 13.5. The van der Waals surface area contributed by atoms with Crippen LogP contribution in [0.2, 0.25) is 0 Å². The molecule has 0 amide bonds. The molecule has 0 spiro atoms. The topological polar surface area (TPSA) is 12.0 Å². The van der Waals surface area contributed by atoms with Crippen molar-refractivity contribution in [3.05, 3.63) is 35.4 Å². The highest BCUT2D eigenvalue weighted by Crippen LogP contribution is 2.37. The summed E-state index contributed by atoms with van der Waals surface area (Å²) < 4.78 is 0. The lowest BCUT2D eigenvalue weighted by Crippen LogP contribution is -2.28. The molecule has 1 aliphatic rings. The SMILES string of the molecule is CCCNC(c1cccc(C2CCC2)c1)C(C)CCC. The molecule has 1 saturated carbocycles. The second-order valence-corrected chi connectivity index (χ2v) is 6.50. The lowest BCUT2D eigenvalue weighted by atomic mass is 9.79. The Bertz CT molecular complexity index is 395. The fraction of sp³-hybridized carbons (Fsp3) is 0.684. The third-order valence-corrected chi connectivity index (χ3v) is 4.77. The summed E-state index contributed by atoms with van der Waals surface area (Å²) in [6.07, 6.45) is 7.97. The van der Waals surface area contributed by atoms with E-state index in [0.29, 0.717) is 12.0 Å². The van der Waals surface area contributed by atoms with Crippen LogP contribution in [-0.4, -0.2) is 6.54 Å². The van der Waals surface area contributed by atoms with E-state index < -0.39 is 0 Å². The van der Waals surface area contributed by atoms with E-state index in [1.807, 2.05) is 0 Å². The van der Waals surface area contributed by atoms with Crippen molar-refractivity contribution in [2.24, 2.45) is 5.92 Å². The average molecular weight is 273 g/mol. The molecule has 1 aliphatic carbocycles. The van der Waals surface area contributed by atoms with E-state index in [-0.39, 0.29) is 0 Å². The smallest absolute Gasteiger partial charge is 0.0346 e. The van der Waals surface area contributed by atoms with Gasteiger partial charge in [-0.15, -0.1) is 0 Å². The molecule has 1 aromatic rings. The maximum atomic E-state index is 3.77. The molecule has 1 nitrogen and oxygen atoms in total. The van der Waals surface area contributed by atoms with Gasteiger partial charge in [0.05, 0.1) is 0 Å². The fourth-order valence-corrected chi connectivity index (χ4v) is 3.32. The van der Waals surface area contributed by atoms with Crippen LogP contribution in [0, 0.1) is 5.92 Å². The summed E-state index contributed by atoms with van der Waals surface area (Å²) in [5.74, 6) is 1.55. The third-order valence-electron chi connectivity index (χ3n) is 4.77. The molecule has 2 unspecified atom stereocenters. The molecule has 1 N–H and O–H groups in total. The Morgan fingerprint density at radius 1 is 1.20 bits per heavy atom. The van der Waals surface area contributed by atoms with Crippen LogP contribution in [0.5, 0.6) is 0 Å². The third kappa shape index (κ3) is 3.85. The minimum atomic E-state index is 0.523. The predicted molar refractivity (Wildman–Crippen MR) is 88.1 cm³/mol. The van der Waals surface area contributed by atoms with E-state index >= 15 is 0 Å². The van der Waals surface area contributed by atoms with Crippen LogP contribution in [0.1, 0.15) is 82.4 Å². The first-order valence-corrected chi connectivity index (χ1v) is 8.59. The van der Waals surface area contributed by atoms with Crippen LogP contribution in [-0.2, 0) is 0 Å². The molecule has 2 rings (SSSR count). The van der Waals surface area contributed by atoms with Crippen molar-refractivity contribution in [1.29, 1.82) is 0 Å². The molecule has 0 saturated heterocycles. The summed E-state index contributed by atoms with van der Waals surface area (Å²) in [5, 5.41) is 3.77. The van der Waals surface area contributed by atoms with E-state index in [1.54, 1.807) is 5.56 Å². The van der Waals surface area contributed by atoms with Crippen molar-refractivity contribution in [2.45, 2.75) is 71.3 Å². The second kappa shape index (κ2) is 7.83.